The molecule has 0 amide bonds. The maximum Gasteiger partial charge on any atom is 0.314 e. The highest BCUT2D eigenvalue weighted by Crippen LogP contribution is 2.43. The fraction of sp³-hybridized carbons (Fsp3) is 0.562. The van der Waals surface area contributed by atoms with Crippen molar-refractivity contribution in [2.24, 2.45) is 0 Å². The highest BCUT2D eigenvalue weighted by Gasteiger charge is 2.44. The molecule has 3 nitrogen and oxygen atoms in total. The first-order valence-corrected chi connectivity index (χ1v) is 7.09. The fourth-order valence-electron chi connectivity index (χ4n) is 3.28. The van der Waals surface area contributed by atoms with Crippen LogP contribution in [0.15, 0.2) is 24.3 Å². The van der Waals surface area contributed by atoms with E-state index in [1.54, 1.807) is 0 Å². The molecule has 2 fully saturated rings. The topological polar surface area (TPSA) is 57.5 Å². The van der Waals surface area contributed by atoms with Crippen molar-refractivity contribution in [2.75, 3.05) is 0 Å². The zero-order valence-electron chi connectivity index (χ0n) is 11.1. The third-order valence-corrected chi connectivity index (χ3v) is 4.71. The quantitative estimate of drug-likeness (QED) is 0.875. The predicted molar refractivity (Wildman–Crippen MR) is 72.1 cm³/mol. The normalized spacial score (nSPS) is 23.2. The molecule has 0 heterocycles. The molecule has 0 saturated heterocycles. The number of hydrogen-bond donors (Lipinski definition) is 2. The van der Waals surface area contributed by atoms with E-state index in [2.05, 4.69) is 0 Å². The van der Waals surface area contributed by atoms with Crippen LogP contribution in [0.25, 0.3) is 0 Å². The summed E-state index contributed by atoms with van der Waals surface area (Å²) in [7, 11) is 0. The van der Waals surface area contributed by atoms with Gasteiger partial charge in [-0.1, -0.05) is 37.1 Å². The largest absolute Gasteiger partial charge is 0.481 e. The molecule has 19 heavy (non-hydrogen) atoms. The molecule has 3 rings (SSSR count). The fourth-order valence-corrected chi connectivity index (χ4v) is 3.28. The third-order valence-electron chi connectivity index (χ3n) is 4.71. The summed E-state index contributed by atoms with van der Waals surface area (Å²) in [5.74, 6) is -0.702. The van der Waals surface area contributed by atoms with E-state index < -0.39 is 17.0 Å². The summed E-state index contributed by atoms with van der Waals surface area (Å²) in [6.45, 7) is 0. The third kappa shape index (κ3) is 2.27. The van der Waals surface area contributed by atoms with Crippen molar-refractivity contribution < 1.29 is 15.0 Å². The Morgan fingerprint density at radius 3 is 2.42 bits per heavy atom. The monoisotopic (exact) mass is 260 g/mol. The minimum absolute atomic E-state index is 0.523. The van der Waals surface area contributed by atoms with E-state index in [0.717, 1.165) is 49.7 Å². The number of aliphatic carboxylic acids is 1. The Labute approximate surface area is 113 Å². The van der Waals surface area contributed by atoms with Crippen LogP contribution in [-0.4, -0.2) is 21.8 Å². The standard InChI is InChI=1S/C16H20O3/c17-14(18)16(6-1-2-7-16)13-5-3-4-12(10-13)11-15(19)8-9-15/h3-5,10,19H,1-2,6-9,11H2,(H,17,18). The Balaban J connectivity index is 1.91. The first-order chi connectivity index (χ1) is 9.04. The average Bonchev–Trinajstić information content (AvgIpc) is 2.93. The summed E-state index contributed by atoms with van der Waals surface area (Å²) in [4.78, 5) is 11.7. The van der Waals surface area contributed by atoms with Crippen molar-refractivity contribution in [3.05, 3.63) is 35.4 Å². The van der Waals surface area contributed by atoms with Crippen LogP contribution >= 0.6 is 0 Å². The molecular formula is C16H20O3. The summed E-state index contributed by atoms with van der Waals surface area (Å²) in [6.07, 6.45) is 5.81. The number of benzene rings is 1. The molecule has 2 aliphatic carbocycles. The van der Waals surface area contributed by atoms with Crippen molar-refractivity contribution in [3.63, 3.8) is 0 Å². The molecule has 0 unspecified atom stereocenters. The van der Waals surface area contributed by atoms with E-state index in [0.29, 0.717) is 6.42 Å². The predicted octanol–water partition coefficient (Wildman–Crippen LogP) is 2.65. The molecule has 2 aliphatic rings. The molecule has 0 atom stereocenters. The summed E-state index contributed by atoms with van der Waals surface area (Å²) in [6, 6.07) is 7.85. The highest BCUT2D eigenvalue weighted by molar-refractivity contribution is 5.81. The smallest absolute Gasteiger partial charge is 0.314 e. The van der Waals surface area contributed by atoms with E-state index >= 15 is 0 Å². The van der Waals surface area contributed by atoms with Gasteiger partial charge in [0.05, 0.1) is 11.0 Å². The van der Waals surface area contributed by atoms with Gasteiger partial charge in [-0.3, -0.25) is 4.79 Å². The molecule has 3 heteroatoms. The van der Waals surface area contributed by atoms with Gasteiger partial charge in [-0.15, -0.1) is 0 Å². The van der Waals surface area contributed by atoms with Crippen LogP contribution in [0.1, 0.15) is 49.7 Å². The van der Waals surface area contributed by atoms with Crippen molar-refractivity contribution in [3.8, 4) is 0 Å². The zero-order chi connectivity index (χ0) is 13.5. The van der Waals surface area contributed by atoms with E-state index in [9.17, 15) is 15.0 Å². The van der Waals surface area contributed by atoms with Gasteiger partial charge in [-0.05, 0) is 36.8 Å². The Morgan fingerprint density at radius 1 is 1.16 bits per heavy atom. The molecule has 2 N–H and O–H groups in total. The highest BCUT2D eigenvalue weighted by atomic mass is 16.4. The van der Waals surface area contributed by atoms with Gasteiger partial charge >= 0.3 is 5.97 Å². The molecule has 1 aromatic rings. The molecule has 0 radical (unpaired) electrons. The van der Waals surface area contributed by atoms with Gasteiger partial charge < -0.3 is 10.2 Å². The number of carboxylic acids is 1. The minimum atomic E-state index is -0.702. The summed E-state index contributed by atoms with van der Waals surface area (Å²) < 4.78 is 0. The number of carbonyl (C=O) groups is 1. The van der Waals surface area contributed by atoms with Gasteiger partial charge in [0.2, 0.25) is 0 Å². The lowest BCUT2D eigenvalue weighted by molar-refractivity contribution is -0.143. The van der Waals surface area contributed by atoms with E-state index in [1.165, 1.54) is 0 Å². The molecule has 2 saturated carbocycles. The molecule has 102 valence electrons. The molecule has 0 aliphatic heterocycles. The van der Waals surface area contributed by atoms with Gasteiger partial charge in [0, 0.05) is 6.42 Å². The van der Waals surface area contributed by atoms with Gasteiger partial charge in [0.25, 0.3) is 0 Å². The van der Waals surface area contributed by atoms with Crippen molar-refractivity contribution in [1.29, 1.82) is 0 Å². The Kier molecular flexibility index (Phi) is 2.90. The Bertz CT molecular complexity index is 496. The van der Waals surface area contributed by atoms with Crippen LogP contribution in [0.2, 0.25) is 0 Å². The van der Waals surface area contributed by atoms with Crippen molar-refractivity contribution in [1.82, 2.24) is 0 Å². The lowest BCUT2D eigenvalue weighted by Crippen LogP contribution is -2.32. The van der Waals surface area contributed by atoms with Gasteiger partial charge in [0.1, 0.15) is 0 Å². The van der Waals surface area contributed by atoms with Crippen molar-refractivity contribution >= 4 is 5.97 Å². The lowest BCUT2D eigenvalue weighted by atomic mass is 9.78. The Morgan fingerprint density at radius 2 is 1.84 bits per heavy atom. The Hall–Kier alpha value is -1.35. The van der Waals surface area contributed by atoms with Gasteiger partial charge in [-0.25, -0.2) is 0 Å². The van der Waals surface area contributed by atoms with Crippen LogP contribution in [-0.2, 0) is 16.6 Å². The number of aliphatic hydroxyl groups is 1. The van der Waals surface area contributed by atoms with E-state index in [1.807, 2.05) is 24.3 Å². The summed E-state index contributed by atoms with van der Waals surface area (Å²) in [5, 5.41) is 19.6. The number of rotatable bonds is 4. The second-order valence-corrected chi connectivity index (χ2v) is 6.20. The first kappa shape index (κ1) is 12.7. The first-order valence-electron chi connectivity index (χ1n) is 7.09. The van der Waals surface area contributed by atoms with Crippen LogP contribution in [0, 0.1) is 0 Å². The maximum atomic E-state index is 11.7. The number of carboxylic acid groups (broad SMARTS) is 1. The maximum absolute atomic E-state index is 11.7. The summed E-state index contributed by atoms with van der Waals surface area (Å²) >= 11 is 0. The minimum Gasteiger partial charge on any atom is -0.481 e. The SMILES string of the molecule is O=C(O)C1(c2cccc(CC3(O)CC3)c2)CCCC1. The second-order valence-electron chi connectivity index (χ2n) is 6.20. The van der Waals surface area contributed by atoms with E-state index in [-0.39, 0.29) is 0 Å². The molecule has 0 spiro atoms. The van der Waals surface area contributed by atoms with Crippen molar-refractivity contribution in [2.45, 2.75) is 56.0 Å². The van der Waals surface area contributed by atoms with Crippen LogP contribution in [0.4, 0.5) is 0 Å². The van der Waals surface area contributed by atoms with Crippen LogP contribution in [0.3, 0.4) is 0 Å². The average molecular weight is 260 g/mol. The molecular weight excluding hydrogens is 240 g/mol. The lowest BCUT2D eigenvalue weighted by Gasteiger charge is -2.25. The summed E-state index contributed by atoms with van der Waals surface area (Å²) in [5.41, 5.74) is 0.761. The van der Waals surface area contributed by atoms with Gasteiger partial charge in [-0.2, -0.15) is 0 Å². The van der Waals surface area contributed by atoms with Crippen LogP contribution < -0.4 is 0 Å². The molecule has 0 aromatic heterocycles. The zero-order valence-corrected chi connectivity index (χ0v) is 11.1. The van der Waals surface area contributed by atoms with Crippen LogP contribution in [0.5, 0.6) is 0 Å². The number of hydrogen-bond acceptors (Lipinski definition) is 2. The molecule has 0 bridgehead atoms. The second kappa shape index (κ2) is 4.34. The molecule has 1 aromatic carbocycles. The van der Waals surface area contributed by atoms with E-state index in [4.69, 9.17) is 0 Å². The van der Waals surface area contributed by atoms with Gasteiger partial charge in [0.15, 0.2) is 0 Å².